The van der Waals surface area contributed by atoms with Crippen LogP contribution in [0.25, 0.3) is 24.3 Å². The van der Waals surface area contributed by atoms with E-state index >= 15 is 0 Å². The van der Waals surface area contributed by atoms with Crippen molar-refractivity contribution in [3.63, 3.8) is 0 Å². The lowest BCUT2D eigenvalue weighted by molar-refractivity contribution is 0.797. The zero-order chi connectivity index (χ0) is 30.8. The van der Waals surface area contributed by atoms with E-state index < -0.39 is 0 Å². The fourth-order valence-electron chi connectivity index (χ4n) is 11.9. The van der Waals surface area contributed by atoms with Gasteiger partial charge in [0, 0.05) is 67.8 Å². The van der Waals surface area contributed by atoms with Crippen molar-refractivity contribution in [2.75, 3.05) is 0 Å². The average molecular weight is 625 g/mol. The molecule has 9 aliphatic rings. The molecule has 0 saturated heterocycles. The van der Waals surface area contributed by atoms with Crippen LogP contribution in [-0.4, -0.2) is 19.9 Å². The number of rotatable bonds is 0. The third kappa shape index (κ3) is 3.32. The van der Waals surface area contributed by atoms with Gasteiger partial charge in [0.05, 0.1) is 0 Å². The summed E-state index contributed by atoms with van der Waals surface area (Å²) in [5.41, 5.74) is 24.2. The molecule has 4 atom stereocenters. The molecule has 16 bridgehead atoms. The molecule has 8 aliphatic carbocycles. The van der Waals surface area contributed by atoms with E-state index in [2.05, 4.69) is 68.5 Å². The summed E-state index contributed by atoms with van der Waals surface area (Å²) >= 11 is 0. The Balaban J connectivity index is 1.16. The van der Waals surface area contributed by atoms with Crippen molar-refractivity contribution in [1.29, 1.82) is 0 Å². The zero-order valence-corrected chi connectivity index (χ0v) is 27.4. The van der Waals surface area contributed by atoms with Gasteiger partial charge in [-0.1, -0.05) is 46.6 Å². The lowest BCUT2D eigenvalue weighted by Crippen LogP contribution is -2.14. The molecule has 4 N–H and O–H groups in total. The number of nitrogens with one attached hydrogen (secondary N) is 4. The topological polar surface area (TPSA) is 63.2 Å². The largest absolute Gasteiger partial charge is 0.355 e. The van der Waals surface area contributed by atoms with Crippen LogP contribution >= 0.6 is 0 Å². The van der Waals surface area contributed by atoms with Crippen LogP contribution in [0.1, 0.15) is 142 Å². The van der Waals surface area contributed by atoms with Crippen LogP contribution in [0.5, 0.6) is 0 Å². The molecule has 0 amide bonds. The van der Waals surface area contributed by atoms with Gasteiger partial charge in [0.15, 0.2) is 0 Å². The Hall–Kier alpha value is -4.44. The minimum Gasteiger partial charge on any atom is -0.355 e. The molecule has 0 fully saturated rings. The second-order valence-corrected chi connectivity index (χ2v) is 16.5. The van der Waals surface area contributed by atoms with E-state index in [-0.39, 0.29) is 0 Å². The van der Waals surface area contributed by atoms with Crippen LogP contribution in [0.15, 0.2) is 46.6 Å². The highest BCUT2D eigenvalue weighted by Crippen LogP contribution is 2.47. The fraction of sp³-hybridized carbons (Fsp3) is 0.364. The second kappa shape index (κ2) is 8.77. The summed E-state index contributed by atoms with van der Waals surface area (Å²) < 4.78 is 0. The molecule has 4 aromatic heterocycles. The molecule has 5 heterocycles. The molecular weight excluding hydrogens is 585 g/mol. The Morgan fingerprint density at radius 1 is 0.354 bits per heavy atom. The predicted molar refractivity (Wildman–Crippen MR) is 191 cm³/mol. The Morgan fingerprint density at radius 2 is 0.708 bits per heavy atom. The first-order valence-electron chi connectivity index (χ1n) is 18.8. The highest BCUT2D eigenvalue weighted by atomic mass is 14.8. The van der Waals surface area contributed by atoms with E-state index in [0.29, 0.717) is 23.7 Å². The molecule has 0 saturated carbocycles. The molecule has 48 heavy (non-hydrogen) atoms. The van der Waals surface area contributed by atoms with E-state index in [1.807, 2.05) is 0 Å². The summed E-state index contributed by atoms with van der Waals surface area (Å²) in [6.45, 7) is 0. The van der Waals surface area contributed by atoms with Crippen LogP contribution in [0.2, 0.25) is 0 Å². The average Bonchev–Trinajstić information content (AvgIpc) is 3.96. The lowest BCUT2D eigenvalue weighted by Gasteiger charge is -2.15. The van der Waals surface area contributed by atoms with E-state index in [0.717, 1.165) is 25.7 Å². The number of allylic oxidation sites excluding steroid dienone is 8. The Morgan fingerprint density at radius 3 is 1.12 bits per heavy atom. The molecule has 236 valence electrons. The number of fused-ring (bicyclic) bond motifs is 28. The quantitative estimate of drug-likeness (QED) is 0.151. The van der Waals surface area contributed by atoms with Crippen LogP contribution in [0, 0.1) is 0 Å². The normalized spacial score (nSPS) is 27.3. The van der Waals surface area contributed by atoms with E-state index in [4.69, 9.17) is 0 Å². The maximum absolute atomic E-state index is 4.07. The summed E-state index contributed by atoms with van der Waals surface area (Å²) in [6.07, 6.45) is 34.8. The second-order valence-electron chi connectivity index (χ2n) is 16.5. The van der Waals surface area contributed by atoms with Gasteiger partial charge in [-0.05, 0) is 146 Å². The third-order valence-corrected chi connectivity index (χ3v) is 13.9. The summed E-state index contributed by atoms with van der Waals surface area (Å²) in [5.74, 6) is 2.12. The predicted octanol–water partition coefficient (Wildman–Crippen LogP) is 6.07. The molecule has 4 aromatic rings. The summed E-state index contributed by atoms with van der Waals surface area (Å²) in [5, 5.41) is 5.29. The molecule has 13 rings (SSSR count). The van der Waals surface area contributed by atoms with Gasteiger partial charge < -0.3 is 19.9 Å². The number of aromatic nitrogens is 4. The van der Waals surface area contributed by atoms with Crippen molar-refractivity contribution in [1.82, 2.24) is 19.9 Å². The lowest BCUT2D eigenvalue weighted by atomic mass is 9.87. The van der Waals surface area contributed by atoms with Gasteiger partial charge >= 0.3 is 0 Å². The number of hydrogen-bond donors (Lipinski definition) is 4. The van der Waals surface area contributed by atoms with Gasteiger partial charge in [0.2, 0.25) is 0 Å². The fourth-order valence-corrected chi connectivity index (χ4v) is 11.9. The molecule has 0 aromatic carbocycles. The van der Waals surface area contributed by atoms with Crippen molar-refractivity contribution in [2.45, 2.75) is 101 Å². The van der Waals surface area contributed by atoms with Gasteiger partial charge in [0.25, 0.3) is 0 Å². The SMILES string of the molecule is C1=C2CCC1c1c3[nH]c(c1C2)C=c1[nH]c(c2c1C1C=C(CC1)C2)=Cc1[nH]c(c2c1C1C=C(CC1)C2)C=c1[nH]c(c2c1C1C=C(CC1)C2)=C3. The van der Waals surface area contributed by atoms with Crippen molar-refractivity contribution >= 4 is 24.3 Å². The monoisotopic (exact) mass is 624 g/mol. The van der Waals surface area contributed by atoms with E-state index in [9.17, 15) is 0 Å². The van der Waals surface area contributed by atoms with E-state index in [1.54, 1.807) is 66.8 Å². The van der Waals surface area contributed by atoms with Crippen LogP contribution in [0.4, 0.5) is 0 Å². The van der Waals surface area contributed by atoms with Crippen LogP contribution in [0.3, 0.4) is 0 Å². The highest BCUT2D eigenvalue weighted by Gasteiger charge is 2.35. The number of H-pyrrole nitrogens is 4. The summed E-state index contributed by atoms with van der Waals surface area (Å²) in [4.78, 5) is 16.3. The van der Waals surface area contributed by atoms with E-state index in [1.165, 1.54) is 95.5 Å². The highest BCUT2D eigenvalue weighted by molar-refractivity contribution is 5.70. The molecule has 4 nitrogen and oxygen atoms in total. The Labute approximate surface area is 279 Å². The van der Waals surface area contributed by atoms with Gasteiger partial charge in [-0.2, -0.15) is 0 Å². The molecule has 4 unspecified atom stereocenters. The molecular formula is C44H40N4. The minimum atomic E-state index is 0.529. The molecule has 0 spiro atoms. The number of aromatic amines is 4. The zero-order valence-electron chi connectivity index (χ0n) is 27.4. The Bertz CT molecular complexity index is 2410. The summed E-state index contributed by atoms with van der Waals surface area (Å²) in [7, 11) is 0. The van der Waals surface area contributed by atoms with Gasteiger partial charge in [-0.3, -0.25) is 0 Å². The first-order valence-corrected chi connectivity index (χ1v) is 18.8. The standard InChI is InChI=1S/C44H40N4/c1-5-25-9-21(1)13-29-33-17-38-42-26-6-2-23(10-26)15-31(42)35(47-38)19-40-44-28-8-4-24(12-28)16-32(44)36(48-40)20-39-43-27-7-3-22(11-27)14-30(43)34(46-39)18-37(45-33)41(25)29/h9-12,17-20,25-28,45-48H,1-8,13-16H2. The molecule has 1 aliphatic heterocycles. The first-order chi connectivity index (χ1) is 23.7. The maximum Gasteiger partial charge on any atom is 0.0447 e. The van der Waals surface area contributed by atoms with Crippen molar-refractivity contribution < 1.29 is 0 Å². The molecule has 4 heteroatoms. The van der Waals surface area contributed by atoms with Gasteiger partial charge in [-0.25, -0.2) is 0 Å². The smallest absolute Gasteiger partial charge is 0.0447 e. The third-order valence-electron chi connectivity index (χ3n) is 13.9. The molecule has 0 radical (unpaired) electrons. The van der Waals surface area contributed by atoms with Crippen molar-refractivity contribution in [3.8, 4) is 0 Å². The number of hydrogen-bond acceptors (Lipinski definition) is 0. The van der Waals surface area contributed by atoms with Gasteiger partial charge in [-0.15, -0.1) is 0 Å². The first kappa shape index (κ1) is 25.6. The summed E-state index contributed by atoms with van der Waals surface area (Å²) in [6, 6.07) is 0. The van der Waals surface area contributed by atoms with Gasteiger partial charge in [0.1, 0.15) is 0 Å². The van der Waals surface area contributed by atoms with Crippen molar-refractivity contribution in [2.24, 2.45) is 0 Å². The Kier molecular flexibility index (Phi) is 4.67. The van der Waals surface area contributed by atoms with Crippen LogP contribution in [-0.2, 0) is 25.7 Å². The maximum atomic E-state index is 4.07. The minimum absolute atomic E-state index is 0.529. The van der Waals surface area contributed by atoms with Crippen molar-refractivity contribution in [3.05, 3.63) is 135 Å². The van der Waals surface area contributed by atoms with Crippen LogP contribution < -0.4 is 21.4 Å².